The lowest BCUT2D eigenvalue weighted by atomic mass is 9.61. The van der Waals surface area contributed by atoms with Crippen LogP contribution in [0.5, 0.6) is 0 Å². The fourth-order valence-electron chi connectivity index (χ4n) is 5.11. The van der Waals surface area contributed by atoms with Crippen molar-refractivity contribution in [2.45, 2.75) is 45.5 Å². The highest BCUT2D eigenvalue weighted by Crippen LogP contribution is 2.40. The smallest absolute Gasteiger partial charge is 0.317 e. The Labute approximate surface area is 192 Å². The Morgan fingerprint density at radius 1 is 1.19 bits per heavy atom. The fourth-order valence-corrected chi connectivity index (χ4v) is 5.11. The summed E-state index contributed by atoms with van der Waals surface area (Å²) < 4.78 is 0. The minimum Gasteiger partial charge on any atom is -0.369 e. The van der Waals surface area contributed by atoms with Crippen molar-refractivity contribution in [1.82, 2.24) is 15.2 Å². The summed E-state index contributed by atoms with van der Waals surface area (Å²) in [4.78, 5) is 21.9. The summed E-state index contributed by atoms with van der Waals surface area (Å²) in [6.45, 7) is 12.3. The molecule has 1 aromatic carbocycles. The van der Waals surface area contributed by atoms with Gasteiger partial charge in [0.25, 0.3) is 0 Å². The molecule has 168 valence electrons. The Morgan fingerprint density at radius 2 is 1.91 bits per heavy atom. The first-order valence-electron chi connectivity index (χ1n) is 11.8. The SMILES string of the molecule is BC(C)(C)C1CC(NC(=O)N2CC(C)C(C)C2)CN(c2ccc(C#N)c3ncccc23)C1. The molecule has 2 amide bonds. The number of fused-ring (bicyclic) bond motifs is 1. The summed E-state index contributed by atoms with van der Waals surface area (Å²) in [5.74, 6) is 1.52. The topological polar surface area (TPSA) is 72.3 Å². The second-order valence-electron chi connectivity index (χ2n) is 10.9. The number of rotatable bonds is 3. The number of carbonyl (C=O) groups is 1. The molecular weight excluding hydrogens is 397 g/mol. The number of hydrogen-bond acceptors (Lipinski definition) is 4. The number of nitrogens with one attached hydrogen (secondary N) is 1. The van der Waals surface area contributed by atoms with Crippen LogP contribution in [0.15, 0.2) is 30.5 Å². The van der Waals surface area contributed by atoms with Crippen LogP contribution in [0.25, 0.3) is 10.9 Å². The molecule has 2 aromatic rings. The van der Waals surface area contributed by atoms with E-state index in [0.717, 1.165) is 49.2 Å². The number of nitrogens with zero attached hydrogens (tertiary/aromatic N) is 4. The molecule has 0 aliphatic carbocycles. The van der Waals surface area contributed by atoms with Crippen molar-refractivity contribution in [2.24, 2.45) is 17.8 Å². The minimum absolute atomic E-state index is 0.0621. The maximum Gasteiger partial charge on any atom is 0.317 e. The fraction of sp³-hybridized carbons (Fsp3) is 0.560. The maximum absolute atomic E-state index is 13.1. The van der Waals surface area contributed by atoms with Crippen LogP contribution in [0.1, 0.15) is 39.7 Å². The van der Waals surface area contributed by atoms with E-state index in [4.69, 9.17) is 0 Å². The van der Waals surface area contributed by atoms with Crippen LogP contribution >= 0.6 is 0 Å². The second kappa shape index (κ2) is 8.65. The van der Waals surface area contributed by atoms with Crippen LogP contribution in [0.4, 0.5) is 10.5 Å². The zero-order valence-corrected chi connectivity index (χ0v) is 19.9. The Morgan fingerprint density at radius 3 is 2.56 bits per heavy atom. The molecule has 6 nitrogen and oxygen atoms in total. The van der Waals surface area contributed by atoms with E-state index in [1.165, 1.54) is 0 Å². The van der Waals surface area contributed by atoms with Crippen molar-refractivity contribution in [3.05, 3.63) is 36.0 Å². The molecule has 0 saturated carbocycles. The number of carbonyl (C=O) groups excluding carboxylic acids is 1. The van der Waals surface area contributed by atoms with Gasteiger partial charge in [-0.25, -0.2) is 4.79 Å². The molecule has 2 saturated heterocycles. The molecule has 4 rings (SSSR count). The van der Waals surface area contributed by atoms with Crippen molar-refractivity contribution < 1.29 is 4.79 Å². The molecule has 1 aromatic heterocycles. The predicted molar refractivity (Wildman–Crippen MR) is 132 cm³/mol. The van der Waals surface area contributed by atoms with Crippen LogP contribution < -0.4 is 10.2 Å². The van der Waals surface area contributed by atoms with Gasteiger partial charge in [-0.2, -0.15) is 5.26 Å². The Hall–Kier alpha value is -2.75. The number of urea groups is 1. The lowest BCUT2D eigenvalue weighted by molar-refractivity contribution is 0.195. The van der Waals surface area contributed by atoms with Gasteiger partial charge in [-0.1, -0.05) is 33.0 Å². The Bertz CT molecular complexity index is 1030. The second-order valence-corrected chi connectivity index (χ2v) is 10.9. The molecule has 4 unspecified atom stereocenters. The van der Waals surface area contributed by atoms with Crippen molar-refractivity contribution in [3.8, 4) is 6.07 Å². The van der Waals surface area contributed by atoms with Gasteiger partial charge in [0.05, 0.1) is 11.1 Å². The van der Waals surface area contributed by atoms with Crippen LogP contribution in [0.2, 0.25) is 5.31 Å². The summed E-state index contributed by atoms with van der Waals surface area (Å²) in [5.41, 5.74) is 2.42. The van der Waals surface area contributed by atoms with Gasteiger partial charge in [-0.3, -0.25) is 4.98 Å². The van der Waals surface area contributed by atoms with Crippen molar-refractivity contribution in [1.29, 1.82) is 5.26 Å². The van der Waals surface area contributed by atoms with E-state index >= 15 is 0 Å². The molecule has 0 bridgehead atoms. The maximum atomic E-state index is 13.1. The Kier molecular flexibility index (Phi) is 6.07. The lowest BCUT2D eigenvalue weighted by Crippen LogP contribution is -2.55. The van der Waals surface area contributed by atoms with Gasteiger partial charge in [0.2, 0.25) is 0 Å². The average Bonchev–Trinajstić information content (AvgIpc) is 3.10. The quantitative estimate of drug-likeness (QED) is 0.756. The molecule has 0 radical (unpaired) electrons. The van der Waals surface area contributed by atoms with Gasteiger partial charge in [0.15, 0.2) is 0 Å². The molecule has 0 spiro atoms. The van der Waals surface area contributed by atoms with Gasteiger partial charge in [0.1, 0.15) is 13.9 Å². The summed E-state index contributed by atoms with van der Waals surface area (Å²) >= 11 is 0. The van der Waals surface area contributed by atoms with Gasteiger partial charge >= 0.3 is 6.03 Å². The van der Waals surface area contributed by atoms with Gasteiger partial charge in [-0.15, -0.1) is 0 Å². The van der Waals surface area contributed by atoms with E-state index in [0.29, 0.717) is 23.3 Å². The molecule has 2 fully saturated rings. The number of nitriles is 1. The molecule has 2 aliphatic rings. The lowest BCUT2D eigenvalue weighted by Gasteiger charge is -2.45. The number of piperidine rings is 1. The highest BCUT2D eigenvalue weighted by Gasteiger charge is 2.37. The number of likely N-dealkylation sites (tertiary alicyclic amines) is 1. The van der Waals surface area contributed by atoms with E-state index < -0.39 is 0 Å². The van der Waals surface area contributed by atoms with Crippen LogP contribution in [0, 0.1) is 29.1 Å². The van der Waals surface area contributed by atoms with Crippen LogP contribution in [-0.2, 0) is 0 Å². The highest BCUT2D eigenvalue weighted by molar-refractivity contribution is 6.14. The third-order valence-electron chi connectivity index (χ3n) is 7.49. The molecule has 32 heavy (non-hydrogen) atoms. The van der Waals surface area contributed by atoms with E-state index in [1.54, 1.807) is 6.20 Å². The van der Waals surface area contributed by atoms with Crippen molar-refractivity contribution in [2.75, 3.05) is 31.1 Å². The van der Waals surface area contributed by atoms with Gasteiger partial charge < -0.3 is 15.1 Å². The predicted octanol–water partition coefficient (Wildman–Crippen LogP) is 3.43. The first kappa shape index (κ1) is 22.4. The summed E-state index contributed by atoms with van der Waals surface area (Å²) in [5, 5.41) is 14.0. The first-order valence-corrected chi connectivity index (χ1v) is 11.8. The summed E-state index contributed by atoms with van der Waals surface area (Å²) in [7, 11) is 2.28. The number of hydrogen-bond donors (Lipinski definition) is 1. The minimum atomic E-state index is 0.0621. The summed E-state index contributed by atoms with van der Waals surface area (Å²) in [6.07, 6.45) is 2.71. The van der Waals surface area contributed by atoms with Crippen LogP contribution in [-0.4, -0.2) is 56.0 Å². The Balaban J connectivity index is 1.61. The number of pyridine rings is 1. The number of benzene rings is 1. The summed E-state index contributed by atoms with van der Waals surface area (Å²) in [6, 6.07) is 10.3. The first-order chi connectivity index (χ1) is 15.2. The molecule has 1 N–H and O–H groups in total. The number of anilines is 1. The molecular formula is C25H34BN5O. The van der Waals surface area contributed by atoms with Gasteiger partial charge in [0, 0.05) is 49.5 Å². The average molecular weight is 431 g/mol. The monoisotopic (exact) mass is 431 g/mol. The molecule has 4 atom stereocenters. The standard InChI is InChI=1S/C25H34BN5O/c1-16-12-31(13-17(16)2)24(32)29-20-10-19(25(3,4)26)14-30(15-20)22-8-7-18(11-27)23-21(22)6-5-9-28-23/h5-9,16-17,19-20H,10,12-15,26H2,1-4H3,(H,29,32). The van der Waals surface area contributed by atoms with Gasteiger partial charge in [-0.05, 0) is 48.4 Å². The zero-order valence-electron chi connectivity index (χ0n) is 19.9. The van der Waals surface area contributed by atoms with Crippen molar-refractivity contribution >= 4 is 30.5 Å². The zero-order chi connectivity index (χ0) is 23.0. The molecule has 2 aliphatic heterocycles. The third kappa shape index (κ3) is 4.41. The van der Waals surface area contributed by atoms with E-state index in [9.17, 15) is 10.1 Å². The molecule has 7 heteroatoms. The largest absolute Gasteiger partial charge is 0.369 e. The van der Waals surface area contributed by atoms with E-state index in [1.807, 2.05) is 29.2 Å². The van der Waals surface area contributed by atoms with Crippen LogP contribution in [0.3, 0.4) is 0 Å². The molecule has 3 heterocycles. The number of aromatic nitrogens is 1. The van der Waals surface area contributed by atoms with Crippen molar-refractivity contribution in [3.63, 3.8) is 0 Å². The van der Waals surface area contributed by atoms with E-state index in [2.05, 4.69) is 56.8 Å². The third-order valence-corrected chi connectivity index (χ3v) is 7.49. The number of amides is 2. The van der Waals surface area contributed by atoms with E-state index in [-0.39, 0.29) is 17.4 Å². The normalized spacial score (nSPS) is 26.2. The highest BCUT2D eigenvalue weighted by atomic mass is 16.2.